The first-order valence-corrected chi connectivity index (χ1v) is 14.4. The van der Waals surface area contributed by atoms with Crippen LogP contribution in [0.3, 0.4) is 0 Å². The molecule has 2 heterocycles. The molecule has 0 aliphatic heterocycles. The van der Waals surface area contributed by atoms with Gasteiger partial charge in [0.1, 0.15) is 11.2 Å². The number of fused-ring (bicyclic) bond motifs is 15. The standard InChI is InChI=1S/C40H23NO/c1-3-11-27-24(9-1)18-21-33-37(27)29-13-5-6-14-30(29)38-32-15-7-8-16-35(32)41(39(33)38)26-19-22-36-34(23-26)31-20-17-25-10-2-4-12-28(25)40(31)42-36/h1-23H. The average Bonchev–Trinajstić information content (AvgIpc) is 3.61. The van der Waals surface area contributed by atoms with E-state index in [0.717, 1.165) is 33.0 Å². The fourth-order valence-corrected chi connectivity index (χ4v) is 7.35. The third kappa shape index (κ3) is 2.78. The molecule has 0 spiro atoms. The zero-order valence-electron chi connectivity index (χ0n) is 22.6. The van der Waals surface area contributed by atoms with Gasteiger partial charge in [-0.25, -0.2) is 0 Å². The van der Waals surface area contributed by atoms with E-state index in [0.29, 0.717) is 0 Å². The summed E-state index contributed by atoms with van der Waals surface area (Å²) in [4.78, 5) is 0. The van der Waals surface area contributed by atoms with Crippen LogP contribution in [0.5, 0.6) is 0 Å². The van der Waals surface area contributed by atoms with Crippen LogP contribution in [-0.2, 0) is 0 Å². The summed E-state index contributed by atoms with van der Waals surface area (Å²) >= 11 is 0. The van der Waals surface area contributed by atoms with Crippen molar-refractivity contribution in [3.63, 3.8) is 0 Å². The molecule has 0 unspecified atom stereocenters. The van der Waals surface area contributed by atoms with Crippen LogP contribution in [0.4, 0.5) is 0 Å². The molecule has 0 aliphatic rings. The van der Waals surface area contributed by atoms with Gasteiger partial charge in [0, 0.05) is 38.0 Å². The highest BCUT2D eigenvalue weighted by Gasteiger charge is 2.20. The van der Waals surface area contributed by atoms with E-state index in [1.807, 2.05) is 0 Å². The van der Waals surface area contributed by atoms with Crippen molar-refractivity contribution in [2.24, 2.45) is 0 Å². The Kier molecular flexibility index (Phi) is 4.21. The Morgan fingerprint density at radius 3 is 1.83 bits per heavy atom. The molecule has 0 bridgehead atoms. The molecule has 0 N–H and O–H groups in total. The predicted molar refractivity (Wildman–Crippen MR) is 178 cm³/mol. The van der Waals surface area contributed by atoms with Crippen LogP contribution in [0.25, 0.3) is 92.5 Å². The summed E-state index contributed by atoms with van der Waals surface area (Å²) in [5.74, 6) is 0. The molecule has 2 aromatic heterocycles. The molecule has 10 rings (SSSR count). The van der Waals surface area contributed by atoms with Crippen molar-refractivity contribution < 1.29 is 4.42 Å². The maximum atomic E-state index is 6.48. The number of hydrogen-bond acceptors (Lipinski definition) is 1. The lowest BCUT2D eigenvalue weighted by molar-refractivity contribution is 0.672. The summed E-state index contributed by atoms with van der Waals surface area (Å²) in [6, 6.07) is 50.6. The maximum Gasteiger partial charge on any atom is 0.143 e. The average molecular weight is 534 g/mol. The van der Waals surface area contributed by atoms with Gasteiger partial charge in [0.2, 0.25) is 0 Å². The van der Waals surface area contributed by atoms with Crippen molar-refractivity contribution in [3.8, 4) is 5.69 Å². The SMILES string of the molecule is c1ccc2c(c1)ccc1c3cc(-n4c5ccccc5c5c6ccccc6c6c7ccccc7ccc6c54)ccc3oc21. The van der Waals surface area contributed by atoms with Crippen LogP contribution in [0.15, 0.2) is 144 Å². The van der Waals surface area contributed by atoms with E-state index in [-0.39, 0.29) is 0 Å². The van der Waals surface area contributed by atoms with Gasteiger partial charge in [-0.05, 0) is 62.6 Å². The van der Waals surface area contributed by atoms with Gasteiger partial charge in [-0.2, -0.15) is 0 Å². The molecule has 8 aromatic carbocycles. The number of nitrogens with zero attached hydrogens (tertiary/aromatic N) is 1. The smallest absolute Gasteiger partial charge is 0.143 e. The number of hydrogen-bond donors (Lipinski definition) is 0. The van der Waals surface area contributed by atoms with Gasteiger partial charge in [-0.15, -0.1) is 0 Å². The maximum absolute atomic E-state index is 6.48. The van der Waals surface area contributed by atoms with Crippen LogP contribution >= 0.6 is 0 Å². The van der Waals surface area contributed by atoms with Gasteiger partial charge in [0.05, 0.1) is 11.0 Å². The van der Waals surface area contributed by atoms with Crippen LogP contribution < -0.4 is 0 Å². The Labute approximate surface area is 240 Å². The monoisotopic (exact) mass is 533 g/mol. The normalized spacial score (nSPS) is 12.3. The van der Waals surface area contributed by atoms with E-state index in [2.05, 4.69) is 144 Å². The number of benzene rings is 8. The van der Waals surface area contributed by atoms with E-state index in [1.54, 1.807) is 0 Å². The zero-order chi connectivity index (χ0) is 27.4. The van der Waals surface area contributed by atoms with E-state index in [4.69, 9.17) is 4.42 Å². The number of aromatic nitrogens is 1. The van der Waals surface area contributed by atoms with E-state index < -0.39 is 0 Å². The quantitative estimate of drug-likeness (QED) is 0.192. The van der Waals surface area contributed by atoms with Crippen molar-refractivity contribution in [1.29, 1.82) is 0 Å². The van der Waals surface area contributed by atoms with Crippen LogP contribution in [0.2, 0.25) is 0 Å². The van der Waals surface area contributed by atoms with E-state index in [9.17, 15) is 0 Å². The fourth-order valence-electron chi connectivity index (χ4n) is 7.35. The minimum atomic E-state index is 0.909. The van der Waals surface area contributed by atoms with Crippen molar-refractivity contribution in [3.05, 3.63) is 140 Å². The lowest BCUT2D eigenvalue weighted by atomic mass is 9.93. The Morgan fingerprint density at radius 1 is 0.405 bits per heavy atom. The molecular weight excluding hydrogens is 510 g/mol. The topological polar surface area (TPSA) is 18.1 Å². The third-order valence-electron chi connectivity index (χ3n) is 9.13. The summed E-state index contributed by atoms with van der Waals surface area (Å²) in [5, 5.41) is 14.9. The van der Waals surface area contributed by atoms with Crippen molar-refractivity contribution in [2.45, 2.75) is 0 Å². The van der Waals surface area contributed by atoms with Crippen molar-refractivity contribution in [2.75, 3.05) is 0 Å². The zero-order valence-corrected chi connectivity index (χ0v) is 22.6. The first-order valence-electron chi connectivity index (χ1n) is 14.4. The molecule has 0 atom stereocenters. The van der Waals surface area contributed by atoms with Gasteiger partial charge in [-0.1, -0.05) is 109 Å². The molecule has 42 heavy (non-hydrogen) atoms. The Hall–Kier alpha value is -5.60. The lowest BCUT2D eigenvalue weighted by Crippen LogP contribution is -1.95. The molecule has 0 fully saturated rings. The molecule has 194 valence electrons. The van der Waals surface area contributed by atoms with Crippen LogP contribution in [-0.4, -0.2) is 4.57 Å². The van der Waals surface area contributed by atoms with E-state index in [1.165, 1.54) is 59.5 Å². The van der Waals surface area contributed by atoms with Gasteiger partial charge in [0.25, 0.3) is 0 Å². The summed E-state index contributed by atoms with van der Waals surface area (Å²) < 4.78 is 8.95. The highest BCUT2D eigenvalue weighted by Crippen LogP contribution is 2.45. The first kappa shape index (κ1) is 22.1. The summed E-state index contributed by atoms with van der Waals surface area (Å²) in [6.07, 6.45) is 0. The van der Waals surface area contributed by atoms with Gasteiger partial charge in [0.15, 0.2) is 0 Å². The molecule has 2 nitrogen and oxygen atoms in total. The second kappa shape index (κ2) is 7.99. The van der Waals surface area contributed by atoms with Gasteiger partial charge in [-0.3, -0.25) is 0 Å². The highest BCUT2D eigenvalue weighted by molar-refractivity contribution is 6.36. The van der Waals surface area contributed by atoms with Crippen molar-refractivity contribution in [1.82, 2.24) is 4.57 Å². The second-order valence-electron chi connectivity index (χ2n) is 11.3. The molecule has 0 saturated heterocycles. The van der Waals surface area contributed by atoms with Crippen LogP contribution in [0, 0.1) is 0 Å². The molecule has 0 saturated carbocycles. The molecule has 0 radical (unpaired) electrons. The lowest BCUT2D eigenvalue weighted by Gasteiger charge is -2.14. The highest BCUT2D eigenvalue weighted by atomic mass is 16.3. The molecule has 2 heteroatoms. The summed E-state index contributed by atoms with van der Waals surface area (Å²) in [5.41, 5.74) is 5.44. The van der Waals surface area contributed by atoms with Gasteiger partial charge >= 0.3 is 0 Å². The molecule has 10 aromatic rings. The minimum Gasteiger partial charge on any atom is -0.455 e. The first-order chi connectivity index (χ1) is 20.8. The molecule has 0 aliphatic carbocycles. The summed E-state index contributed by atoms with van der Waals surface area (Å²) in [6.45, 7) is 0. The van der Waals surface area contributed by atoms with Crippen LogP contribution in [0.1, 0.15) is 0 Å². The number of furan rings is 1. The minimum absolute atomic E-state index is 0.909. The predicted octanol–water partition coefficient (Wildman–Crippen LogP) is 11.3. The Morgan fingerprint density at radius 2 is 1.02 bits per heavy atom. The third-order valence-corrected chi connectivity index (χ3v) is 9.13. The Balaban J connectivity index is 1.41. The largest absolute Gasteiger partial charge is 0.455 e. The van der Waals surface area contributed by atoms with Gasteiger partial charge < -0.3 is 8.98 Å². The molecule has 0 amide bonds. The molecular formula is C40H23NO. The summed E-state index contributed by atoms with van der Waals surface area (Å²) in [7, 11) is 0. The number of rotatable bonds is 1. The number of para-hydroxylation sites is 1. The second-order valence-corrected chi connectivity index (χ2v) is 11.3. The Bertz CT molecular complexity index is 2740. The van der Waals surface area contributed by atoms with Crippen molar-refractivity contribution >= 4 is 86.8 Å². The fraction of sp³-hybridized carbons (Fsp3) is 0. The van der Waals surface area contributed by atoms with E-state index >= 15 is 0 Å².